The molecule has 0 bridgehead atoms. The number of hydrogen-bond donors (Lipinski definition) is 1. The number of halogens is 4. The smallest absolute Gasteiger partial charge is 0.387 e. The van der Waals surface area contributed by atoms with Crippen LogP contribution in [0, 0.1) is 18.6 Å². The molecule has 112 valence electrons. The molecule has 2 nitrogen and oxygen atoms in total. The lowest BCUT2D eigenvalue weighted by atomic mass is 10.1. The molecule has 2 rings (SSSR count). The number of benzene rings is 2. The van der Waals surface area contributed by atoms with Gasteiger partial charge in [0.05, 0.1) is 0 Å². The van der Waals surface area contributed by atoms with Gasteiger partial charge in [-0.15, -0.1) is 0 Å². The van der Waals surface area contributed by atoms with E-state index in [1.165, 1.54) is 12.1 Å². The molecule has 21 heavy (non-hydrogen) atoms. The van der Waals surface area contributed by atoms with Crippen molar-refractivity contribution in [3.05, 3.63) is 59.2 Å². The summed E-state index contributed by atoms with van der Waals surface area (Å²) < 4.78 is 55.1. The van der Waals surface area contributed by atoms with Crippen LogP contribution in [0.4, 0.5) is 23.2 Å². The second-order valence-corrected chi connectivity index (χ2v) is 4.47. The Kier molecular flexibility index (Phi) is 4.67. The van der Waals surface area contributed by atoms with Crippen LogP contribution in [0.25, 0.3) is 0 Å². The normalized spacial score (nSPS) is 10.8. The van der Waals surface area contributed by atoms with Gasteiger partial charge in [0.25, 0.3) is 0 Å². The quantitative estimate of drug-likeness (QED) is 0.822. The monoisotopic (exact) mass is 299 g/mol. The molecule has 0 heterocycles. The molecule has 0 radical (unpaired) electrons. The van der Waals surface area contributed by atoms with Gasteiger partial charge in [-0.2, -0.15) is 8.78 Å². The standard InChI is InChI=1S/C15H13F4NO/c1-9-2-4-12(16)10(6-9)8-20-11-3-5-14(13(17)7-11)21-15(18)19/h2-7,15,20H,8H2,1H3. The number of anilines is 1. The molecular weight excluding hydrogens is 286 g/mol. The maximum absolute atomic E-state index is 13.5. The highest BCUT2D eigenvalue weighted by Crippen LogP contribution is 2.23. The maximum atomic E-state index is 13.5. The van der Waals surface area contributed by atoms with E-state index in [4.69, 9.17) is 0 Å². The van der Waals surface area contributed by atoms with Gasteiger partial charge in [-0.25, -0.2) is 8.78 Å². The number of alkyl halides is 2. The first kappa shape index (κ1) is 15.2. The summed E-state index contributed by atoms with van der Waals surface area (Å²) in [5.41, 5.74) is 1.68. The predicted molar refractivity (Wildman–Crippen MR) is 71.5 cm³/mol. The van der Waals surface area contributed by atoms with Crippen LogP contribution < -0.4 is 10.1 Å². The molecule has 0 unspecified atom stereocenters. The van der Waals surface area contributed by atoms with Gasteiger partial charge in [-0.1, -0.05) is 17.7 Å². The Labute approximate surface area is 119 Å². The van der Waals surface area contributed by atoms with Crippen LogP contribution >= 0.6 is 0 Å². The summed E-state index contributed by atoms with van der Waals surface area (Å²) in [6.07, 6.45) is 0. The summed E-state index contributed by atoms with van der Waals surface area (Å²) in [5.74, 6) is -1.81. The third-order valence-electron chi connectivity index (χ3n) is 2.83. The minimum Gasteiger partial charge on any atom is -0.432 e. The van der Waals surface area contributed by atoms with E-state index in [0.29, 0.717) is 11.3 Å². The molecule has 0 aliphatic carbocycles. The topological polar surface area (TPSA) is 21.3 Å². The van der Waals surface area contributed by atoms with E-state index in [1.54, 1.807) is 12.1 Å². The summed E-state index contributed by atoms with van der Waals surface area (Å²) in [5, 5.41) is 2.83. The second-order valence-electron chi connectivity index (χ2n) is 4.47. The largest absolute Gasteiger partial charge is 0.432 e. The molecule has 0 saturated heterocycles. The highest BCUT2D eigenvalue weighted by Gasteiger charge is 2.10. The molecule has 0 aliphatic heterocycles. The molecule has 0 saturated carbocycles. The van der Waals surface area contributed by atoms with Gasteiger partial charge in [0.1, 0.15) is 5.82 Å². The van der Waals surface area contributed by atoms with Gasteiger partial charge >= 0.3 is 6.61 Å². The molecular formula is C15H13F4NO. The van der Waals surface area contributed by atoms with Crippen molar-refractivity contribution in [1.82, 2.24) is 0 Å². The SMILES string of the molecule is Cc1ccc(F)c(CNc2ccc(OC(F)F)c(F)c2)c1. The fraction of sp³-hybridized carbons (Fsp3) is 0.200. The van der Waals surface area contributed by atoms with Gasteiger partial charge in [-0.3, -0.25) is 0 Å². The highest BCUT2D eigenvalue weighted by atomic mass is 19.3. The van der Waals surface area contributed by atoms with E-state index in [-0.39, 0.29) is 12.4 Å². The van der Waals surface area contributed by atoms with E-state index in [0.717, 1.165) is 17.7 Å². The molecule has 0 atom stereocenters. The average molecular weight is 299 g/mol. The van der Waals surface area contributed by atoms with Crippen molar-refractivity contribution in [2.75, 3.05) is 5.32 Å². The van der Waals surface area contributed by atoms with Gasteiger partial charge in [0.15, 0.2) is 11.6 Å². The third kappa shape index (κ3) is 4.11. The number of nitrogens with one attached hydrogen (secondary N) is 1. The van der Waals surface area contributed by atoms with Crippen molar-refractivity contribution in [3.63, 3.8) is 0 Å². The first-order valence-corrected chi connectivity index (χ1v) is 6.19. The highest BCUT2D eigenvalue weighted by molar-refractivity contribution is 5.48. The molecule has 0 spiro atoms. The average Bonchev–Trinajstić information content (AvgIpc) is 2.42. The van der Waals surface area contributed by atoms with Crippen LogP contribution in [0.3, 0.4) is 0 Å². The Morgan fingerprint density at radius 3 is 2.48 bits per heavy atom. The second kappa shape index (κ2) is 6.47. The van der Waals surface area contributed by atoms with Crippen LogP contribution in [0.15, 0.2) is 36.4 Å². The van der Waals surface area contributed by atoms with Crippen LogP contribution in [-0.2, 0) is 6.54 Å². The lowest BCUT2D eigenvalue weighted by Gasteiger charge is -2.10. The van der Waals surface area contributed by atoms with E-state index in [9.17, 15) is 17.6 Å². The zero-order valence-corrected chi connectivity index (χ0v) is 11.2. The van der Waals surface area contributed by atoms with Gasteiger partial charge in [0, 0.05) is 23.9 Å². The summed E-state index contributed by atoms with van der Waals surface area (Å²) in [6.45, 7) is -1.10. The van der Waals surface area contributed by atoms with E-state index >= 15 is 0 Å². The van der Waals surface area contributed by atoms with Crippen LogP contribution in [0.5, 0.6) is 5.75 Å². The number of hydrogen-bond acceptors (Lipinski definition) is 2. The van der Waals surface area contributed by atoms with Crippen LogP contribution in [0.2, 0.25) is 0 Å². The zero-order valence-electron chi connectivity index (χ0n) is 11.2. The Balaban J connectivity index is 2.07. The van der Waals surface area contributed by atoms with E-state index < -0.39 is 18.2 Å². The van der Waals surface area contributed by atoms with Crippen molar-refractivity contribution in [2.45, 2.75) is 20.1 Å². The third-order valence-corrected chi connectivity index (χ3v) is 2.83. The molecule has 0 aliphatic rings. The number of rotatable bonds is 5. The molecule has 6 heteroatoms. The lowest BCUT2D eigenvalue weighted by molar-refractivity contribution is -0.0521. The van der Waals surface area contributed by atoms with E-state index in [1.807, 2.05) is 6.92 Å². The van der Waals surface area contributed by atoms with Gasteiger partial charge in [-0.05, 0) is 25.1 Å². The van der Waals surface area contributed by atoms with E-state index in [2.05, 4.69) is 10.1 Å². The van der Waals surface area contributed by atoms with Gasteiger partial charge < -0.3 is 10.1 Å². The fourth-order valence-corrected chi connectivity index (χ4v) is 1.84. The Bertz CT molecular complexity index is 631. The van der Waals surface area contributed by atoms with Gasteiger partial charge in [0.2, 0.25) is 0 Å². The minimum absolute atomic E-state index is 0.155. The first-order valence-electron chi connectivity index (χ1n) is 6.19. The summed E-state index contributed by atoms with van der Waals surface area (Å²) in [6, 6.07) is 8.17. The first-order chi connectivity index (χ1) is 9.95. The summed E-state index contributed by atoms with van der Waals surface area (Å²) >= 11 is 0. The minimum atomic E-state index is -3.08. The summed E-state index contributed by atoms with van der Waals surface area (Å²) in [4.78, 5) is 0. The van der Waals surface area contributed by atoms with Crippen molar-refractivity contribution in [3.8, 4) is 5.75 Å². The van der Waals surface area contributed by atoms with Crippen molar-refractivity contribution >= 4 is 5.69 Å². The Morgan fingerprint density at radius 2 is 1.81 bits per heavy atom. The zero-order chi connectivity index (χ0) is 15.4. The lowest BCUT2D eigenvalue weighted by Crippen LogP contribution is -2.05. The molecule has 0 amide bonds. The maximum Gasteiger partial charge on any atom is 0.387 e. The van der Waals surface area contributed by atoms with Crippen LogP contribution in [0.1, 0.15) is 11.1 Å². The molecule has 0 fully saturated rings. The van der Waals surface area contributed by atoms with Crippen molar-refractivity contribution < 1.29 is 22.3 Å². The van der Waals surface area contributed by atoms with Crippen molar-refractivity contribution in [1.29, 1.82) is 0 Å². The Hall–Kier alpha value is -2.24. The molecule has 1 N–H and O–H groups in total. The molecule has 2 aromatic rings. The van der Waals surface area contributed by atoms with Crippen LogP contribution in [-0.4, -0.2) is 6.61 Å². The fourth-order valence-electron chi connectivity index (χ4n) is 1.84. The molecule has 2 aromatic carbocycles. The Morgan fingerprint density at radius 1 is 1.05 bits per heavy atom. The number of ether oxygens (including phenoxy) is 1. The molecule has 0 aromatic heterocycles. The summed E-state index contributed by atoms with van der Waals surface area (Å²) in [7, 11) is 0. The van der Waals surface area contributed by atoms with Crippen molar-refractivity contribution in [2.24, 2.45) is 0 Å². The predicted octanol–water partition coefficient (Wildman–Crippen LogP) is 4.49. The number of aryl methyl sites for hydroxylation is 1.